The molecule has 1 aromatic carbocycles. The highest BCUT2D eigenvalue weighted by Gasteiger charge is 2.09. The molecule has 21 heavy (non-hydrogen) atoms. The van der Waals surface area contributed by atoms with Crippen LogP contribution in [0, 0.1) is 0 Å². The van der Waals surface area contributed by atoms with Crippen molar-refractivity contribution in [2.24, 2.45) is 0 Å². The molecule has 5 nitrogen and oxygen atoms in total. The van der Waals surface area contributed by atoms with E-state index in [9.17, 15) is 4.79 Å². The van der Waals surface area contributed by atoms with Crippen LogP contribution < -0.4 is 20.1 Å². The van der Waals surface area contributed by atoms with Crippen molar-refractivity contribution in [2.45, 2.75) is 40.2 Å². The summed E-state index contributed by atoms with van der Waals surface area (Å²) in [5.41, 5.74) is 0.766. The summed E-state index contributed by atoms with van der Waals surface area (Å²) >= 11 is 0. The van der Waals surface area contributed by atoms with E-state index in [-0.39, 0.29) is 18.5 Å². The van der Waals surface area contributed by atoms with E-state index < -0.39 is 0 Å². The van der Waals surface area contributed by atoms with E-state index in [0.717, 1.165) is 23.6 Å². The number of ether oxygens (including phenoxy) is 2. The summed E-state index contributed by atoms with van der Waals surface area (Å²) in [5, 5.41) is 6.03. The van der Waals surface area contributed by atoms with Gasteiger partial charge in [-0.3, -0.25) is 4.79 Å². The number of carbonyl (C=O) groups is 1. The first-order chi connectivity index (χ1) is 10.1. The Labute approximate surface area is 127 Å². The quantitative estimate of drug-likeness (QED) is 0.735. The smallest absolute Gasteiger partial charge is 0.239 e. The number of carbonyl (C=O) groups excluding carboxylic acids is 1. The van der Waals surface area contributed by atoms with Crippen LogP contribution in [0.5, 0.6) is 11.5 Å². The molecule has 2 N–H and O–H groups in total. The molecule has 0 saturated carbocycles. The number of benzene rings is 1. The van der Waals surface area contributed by atoms with Crippen molar-refractivity contribution in [2.75, 3.05) is 25.1 Å². The molecule has 0 heterocycles. The van der Waals surface area contributed by atoms with E-state index in [1.807, 2.05) is 45.9 Å². The molecule has 0 radical (unpaired) electrons. The molecule has 5 heteroatoms. The summed E-state index contributed by atoms with van der Waals surface area (Å²) in [4.78, 5) is 11.8. The summed E-state index contributed by atoms with van der Waals surface area (Å²) < 4.78 is 11.0. The first-order valence-corrected chi connectivity index (χ1v) is 7.53. The predicted octanol–water partition coefficient (Wildman–Crippen LogP) is 2.81. The summed E-state index contributed by atoms with van der Waals surface area (Å²) in [5.74, 6) is 1.44. The highest BCUT2D eigenvalue weighted by atomic mass is 16.5. The SMILES string of the molecule is CCOc1ccc(OCC)c(NCC(=O)NC(C)CC)c1. The van der Waals surface area contributed by atoms with Crippen LogP contribution in [0.2, 0.25) is 0 Å². The van der Waals surface area contributed by atoms with Crippen molar-refractivity contribution in [3.63, 3.8) is 0 Å². The standard InChI is InChI=1S/C16H26N2O3/c1-5-12(4)18-16(19)11-17-14-10-13(20-6-2)8-9-15(14)21-7-3/h8-10,12,17H,5-7,11H2,1-4H3,(H,18,19). The lowest BCUT2D eigenvalue weighted by molar-refractivity contribution is -0.120. The Kier molecular flexibility index (Phi) is 7.43. The zero-order chi connectivity index (χ0) is 15.7. The minimum atomic E-state index is -0.0337. The maximum atomic E-state index is 11.8. The van der Waals surface area contributed by atoms with Crippen molar-refractivity contribution in [1.29, 1.82) is 0 Å². The number of nitrogens with one attached hydrogen (secondary N) is 2. The van der Waals surface area contributed by atoms with Crippen LogP contribution >= 0.6 is 0 Å². The lowest BCUT2D eigenvalue weighted by Crippen LogP contribution is -2.36. The van der Waals surface area contributed by atoms with Gasteiger partial charge in [-0.25, -0.2) is 0 Å². The Balaban J connectivity index is 2.70. The zero-order valence-corrected chi connectivity index (χ0v) is 13.4. The van der Waals surface area contributed by atoms with Gasteiger partial charge < -0.3 is 20.1 Å². The average molecular weight is 294 g/mol. The fourth-order valence-corrected chi connectivity index (χ4v) is 1.79. The molecule has 1 rings (SSSR count). The second kappa shape index (κ2) is 9.10. The van der Waals surface area contributed by atoms with Gasteiger partial charge in [0.1, 0.15) is 11.5 Å². The van der Waals surface area contributed by atoms with Gasteiger partial charge in [-0.1, -0.05) is 6.92 Å². The molecular formula is C16H26N2O3. The third-order valence-corrected chi connectivity index (χ3v) is 3.02. The van der Waals surface area contributed by atoms with E-state index in [4.69, 9.17) is 9.47 Å². The molecule has 1 amide bonds. The fourth-order valence-electron chi connectivity index (χ4n) is 1.79. The molecule has 0 spiro atoms. The zero-order valence-electron chi connectivity index (χ0n) is 13.4. The molecule has 0 aliphatic rings. The van der Waals surface area contributed by atoms with E-state index in [2.05, 4.69) is 10.6 Å². The number of rotatable bonds is 9. The Morgan fingerprint density at radius 1 is 1.19 bits per heavy atom. The van der Waals surface area contributed by atoms with Crippen molar-refractivity contribution < 1.29 is 14.3 Å². The summed E-state index contributed by atoms with van der Waals surface area (Å²) in [6.45, 7) is 9.26. The van der Waals surface area contributed by atoms with E-state index in [1.165, 1.54) is 0 Å². The maximum absolute atomic E-state index is 11.8. The van der Waals surface area contributed by atoms with Gasteiger partial charge in [0.2, 0.25) is 5.91 Å². The van der Waals surface area contributed by atoms with Gasteiger partial charge in [0, 0.05) is 12.1 Å². The molecule has 0 bridgehead atoms. The maximum Gasteiger partial charge on any atom is 0.239 e. The summed E-state index contributed by atoms with van der Waals surface area (Å²) in [6.07, 6.45) is 0.912. The number of anilines is 1. The van der Waals surface area contributed by atoms with Crippen LogP contribution in [0.15, 0.2) is 18.2 Å². The van der Waals surface area contributed by atoms with Gasteiger partial charge in [-0.15, -0.1) is 0 Å². The minimum Gasteiger partial charge on any atom is -0.494 e. The lowest BCUT2D eigenvalue weighted by atomic mass is 10.2. The van der Waals surface area contributed by atoms with Gasteiger partial charge in [0.15, 0.2) is 0 Å². The van der Waals surface area contributed by atoms with Crippen molar-refractivity contribution >= 4 is 11.6 Å². The molecular weight excluding hydrogens is 268 g/mol. The van der Waals surface area contributed by atoms with Crippen LogP contribution in [0.25, 0.3) is 0 Å². The molecule has 1 aromatic rings. The van der Waals surface area contributed by atoms with Gasteiger partial charge in [-0.2, -0.15) is 0 Å². The summed E-state index contributed by atoms with van der Waals surface area (Å²) in [6, 6.07) is 5.74. The third kappa shape index (κ3) is 5.94. The highest BCUT2D eigenvalue weighted by molar-refractivity contribution is 5.81. The van der Waals surface area contributed by atoms with E-state index in [1.54, 1.807) is 0 Å². The summed E-state index contributed by atoms with van der Waals surface area (Å²) in [7, 11) is 0. The van der Waals surface area contributed by atoms with Crippen LogP contribution in [0.4, 0.5) is 5.69 Å². The minimum absolute atomic E-state index is 0.0337. The van der Waals surface area contributed by atoms with Crippen molar-refractivity contribution in [1.82, 2.24) is 5.32 Å². The Hall–Kier alpha value is -1.91. The topological polar surface area (TPSA) is 59.6 Å². The second-order valence-electron chi connectivity index (χ2n) is 4.75. The molecule has 0 aliphatic heterocycles. The fraction of sp³-hybridized carbons (Fsp3) is 0.562. The molecule has 0 aromatic heterocycles. The van der Waals surface area contributed by atoms with Crippen molar-refractivity contribution in [3.8, 4) is 11.5 Å². The van der Waals surface area contributed by atoms with E-state index >= 15 is 0 Å². The Morgan fingerprint density at radius 2 is 1.90 bits per heavy atom. The molecule has 0 aliphatic carbocycles. The molecule has 0 saturated heterocycles. The van der Waals surface area contributed by atoms with Crippen LogP contribution in [0.3, 0.4) is 0 Å². The lowest BCUT2D eigenvalue weighted by Gasteiger charge is -2.15. The van der Waals surface area contributed by atoms with Gasteiger partial charge in [-0.05, 0) is 39.3 Å². The second-order valence-corrected chi connectivity index (χ2v) is 4.75. The highest BCUT2D eigenvalue weighted by Crippen LogP contribution is 2.29. The Morgan fingerprint density at radius 3 is 2.52 bits per heavy atom. The van der Waals surface area contributed by atoms with E-state index in [0.29, 0.717) is 13.2 Å². The molecule has 0 fully saturated rings. The average Bonchev–Trinajstić information content (AvgIpc) is 2.47. The predicted molar refractivity (Wildman–Crippen MR) is 85.2 cm³/mol. The van der Waals surface area contributed by atoms with Gasteiger partial charge in [0.05, 0.1) is 25.4 Å². The number of hydrogen-bond donors (Lipinski definition) is 2. The van der Waals surface area contributed by atoms with Crippen molar-refractivity contribution in [3.05, 3.63) is 18.2 Å². The normalized spacial score (nSPS) is 11.6. The molecule has 118 valence electrons. The van der Waals surface area contributed by atoms with Gasteiger partial charge in [0.25, 0.3) is 0 Å². The molecule has 1 unspecified atom stereocenters. The third-order valence-electron chi connectivity index (χ3n) is 3.02. The van der Waals surface area contributed by atoms with Gasteiger partial charge >= 0.3 is 0 Å². The van der Waals surface area contributed by atoms with Crippen LogP contribution in [-0.2, 0) is 4.79 Å². The van der Waals surface area contributed by atoms with Crippen LogP contribution in [-0.4, -0.2) is 31.7 Å². The molecule has 1 atom stereocenters. The first-order valence-electron chi connectivity index (χ1n) is 7.53. The number of amides is 1. The first kappa shape index (κ1) is 17.1. The largest absolute Gasteiger partial charge is 0.494 e. The number of hydrogen-bond acceptors (Lipinski definition) is 4. The monoisotopic (exact) mass is 294 g/mol. The Bertz CT molecular complexity index is 449. The van der Waals surface area contributed by atoms with Crippen LogP contribution in [0.1, 0.15) is 34.1 Å².